The number of hydrogen-bond acceptors (Lipinski definition) is 10. The first-order chi connectivity index (χ1) is 17.0. The van der Waals surface area contributed by atoms with Gasteiger partial charge in [-0.15, -0.1) is 0 Å². The lowest BCUT2D eigenvalue weighted by Gasteiger charge is -2.29. The molecule has 0 spiro atoms. The van der Waals surface area contributed by atoms with Gasteiger partial charge in [0.25, 0.3) is 5.91 Å². The maximum absolute atomic E-state index is 12.8. The lowest BCUT2D eigenvalue weighted by molar-refractivity contribution is -0.149. The van der Waals surface area contributed by atoms with Gasteiger partial charge in [0.2, 0.25) is 5.96 Å². The summed E-state index contributed by atoms with van der Waals surface area (Å²) in [6, 6.07) is 6.04. The number of fused-ring (bicyclic) bond motifs is 5. The van der Waals surface area contributed by atoms with E-state index in [0.29, 0.717) is 42.2 Å². The second kappa shape index (κ2) is 8.08. The number of hydrogen-bond donors (Lipinski definition) is 1. The Hall–Kier alpha value is -4.48. The molecule has 6 rings (SSSR count). The number of likely N-dealkylation sites (tertiary alicyclic amines) is 1. The Morgan fingerprint density at radius 3 is 2.89 bits per heavy atom. The molecule has 5 heterocycles. The molecule has 35 heavy (non-hydrogen) atoms. The second-order valence-electron chi connectivity index (χ2n) is 8.31. The summed E-state index contributed by atoms with van der Waals surface area (Å²) in [7, 11) is 1.44. The monoisotopic (exact) mass is 476 g/mol. The predicted octanol–water partition coefficient (Wildman–Crippen LogP) is 1.08. The summed E-state index contributed by atoms with van der Waals surface area (Å²) in [6.07, 6.45) is 2.55. The number of nitrogens with zero attached hydrogens (tertiary/aromatic N) is 5. The molecule has 4 aliphatic rings. The van der Waals surface area contributed by atoms with Gasteiger partial charge in [-0.1, -0.05) is 0 Å². The number of aliphatic imine (C=N–C) groups is 2. The number of rotatable bonds is 3. The minimum absolute atomic E-state index is 0.140. The fourth-order valence-corrected chi connectivity index (χ4v) is 4.64. The number of amides is 2. The number of benzene rings is 1. The number of carbonyl (C=O) groups is 3. The molecule has 4 aliphatic heterocycles. The van der Waals surface area contributed by atoms with Crippen LogP contribution in [0.5, 0.6) is 11.5 Å². The van der Waals surface area contributed by atoms with Crippen molar-refractivity contribution in [3.63, 3.8) is 0 Å². The van der Waals surface area contributed by atoms with Crippen molar-refractivity contribution >= 4 is 35.5 Å². The highest BCUT2D eigenvalue weighted by Crippen LogP contribution is 2.43. The van der Waals surface area contributed by atoms with Crippen molar-refractivity contribution in [2.24, 2.45) is 9.98 Å². The fourth-order valence-electron chi connectivity index (χ4n) is 4.64. The third-order valence-corrected chi connectivity index (χ3v) is 6.25. The van der Waals surface area contributed by atoms with Gasteiger partial charge in [0.1, 0.15) is 23.7 Å². The van der Waals surface area contributed by atoms with Gasteiger partial charge >= 0.3 is 12.1 Å². The first-order valence-corrected chi connectivity index (χ1v) is 11.1. The molecule has 0 saturated carbocycles. The Labute approximate surface area is 199 Å². The van der Waals surface area contributed by atoms with E-state index in [2.05, 4.69) is 20.3 Å². The van der Waals surface area contributed by atoms with E-state index in [-0.39, 0.29) is 36.0 Å². The van der Waals surface area contributed by atoms with Crippen LogP contribution in [0.3, 0.4) is 0 Å². The molecule has 2 saturated heterocycles. The van der Waals surface area contributed by atoms with Crippen LogP contribution in [0.25, 0.3) is 0 Å². The highest BCUT2D eigenvalue weighted by atomic mass is 16.6. The Bertz CT molecular complexity index is 1310. The molecule has 0 aliphatic carbocycles. The number of carbonyl (C=O) groups excluding carboxylic acids is 3. The van der Waals surface area contributed by atoms with Gasteiger partial charge < -0.3 is 14.2 Å². The number of esters is 1. The number of methoxy groups -OCH3 is 1. The van der Waals surface area contributed by atoms with Crippen molar-refractivity contribution in [2.45, 2.75) is 18.6 Å². The number of aromatic nitrogens is 1. The maximum Gasteiger partial charge on any atom is 0.416 e. The Balaban J connectivity index is 1.32. The van der Waals surface area contributed by atoms with E-state index < -0.39 is 18.1 Å². The Morgan fingerprint density at radius 2 is 2.14 bits per heavy atom. The van der Waals surface area contributed by atoms with Crippen molar-refractivity contribution in [2.75, 3.05) is 26.7 Å². The van der Waals surface area contributed by atoms with Crippen LogP contribution in [-0.4, -0.2) is 83.4 Å². The quantitative estimate of drug-likeness (QED) is 0.651. The fraction of sp³-hybridized carbons (Fsp3) is 0.304. The van der Waals surface area contributed by atoms with Crippen molar-refractivity contribution < 1.29 is 28.6 Å². The van der Waals surface area contributed by atoms with E-state index in [0.717, 1.165) is 0 Å². The van der Waals surface area contributed by atoms with Crippen molar-refractivity contribution in [3.05, 3.63) is 47.8 Å². The second-order valence-corrected chi connectivity index (χ2v) is 8.31. The molecule has 1 N–H and O–H groups in total. The molecule has 12 nitrogen and oxygen atoms in total. The molecule has 2 amide bonds. The molecule has 0 unspecified atom stereocenters. The average molecular weight is 476 g/mol. The third-order valence-electron chi connectivity index (χ3n) is 6.25. The lowest BCUT2D eigenvalue weighted by Crippen LogP contribution is -2.47. The standard InChI is InChI=1S/C23H20N6O6/c1-33-18-16(35-23(32)29-11-13-9-15(29)21(31)34-13)5-4-14-17(18)26-22(28-8-7-25-19(14)28)27-20(30)12-3-2-6-24-10-12/h2-6,10,13,15H,7-9,11H2,1H3,(H,26,27,30)/t13-,15-/m1/s1. The summed E-state index contributed by atoms with van der Waals surface area (Å²) in [4.78, 5) is 53.9. The first-order valence-electron chi connectivity index (χ1n) is 11.1. The maximum atomic E-state index is 12.8. The van der Waals surface area contributed by atoms with Crippen LogP contribution in [0.4, 0.5) is 10.5 Å². The Kier molecular flexibility index (Phi) is 4.87. The minimum atomic E-state index is -0.669. The number of guanidine groups is 1. The molecular formula is C23H20N6O6. The smallest absolute Gasteiger partial charge is 0.416 e. The Morgan fingerprint density at radius 1 is 1.26 bits per heavy atom. The van der Waals surface area contributed by atoms with Gasteiger partial charge in [0.15, 0.2) is 11.5 Å². The van der Waals surface area contributed by atoms with Crippen LogP contribution in [0.15, 0.2) is 46.6 Å². The predicted molar refractivity (Wildman–Crippen MR) is 121 cm³/mol. The zero-order valence-corrected chi connectivity index (χ0v) is 18.6. The summed E-state index contributed by atoms with van der Waals surface area (Å²) < 4.78 is 16.3. The molecule has 12 heteroatoms. The molecule has 2 bridgehead atoms. The van der Waals surface area contributed by atoms with Crippen molar-refractivity contribution in [1.82, 2.24) is 20.1 Å². The third kappa shape index (κ3) is 3.45. The van der Waals surface area contributed by atoms with Gasteiger partial charge in [0.05, 0.1) is 25.8 Å². The van der Waals surface area contributed by atoms with Crippen molar-refractivity contribution in [3.8, 4) is 11.5 Å². The largest absolute Gasteiger partial charge is 0.491 e. The number of amidine groups is 1. The highest BCUT2D eigenvalue weighted by molar-refractivity contribution is 6.20. The molecule has 178 valence electrons. The zero-order valence-electron chi connectivity index (χ0n) is 18.6. The first kappa shape index (κ1) is 21.1. The van der Waals surface area contributed by atoms with Crippen LogP contribution >= 0.6 is 0 Å². The topological polar surface area (TPSA) is 135 Å². The molecule has 2 atom stereocenters. The lowest BCUT2D eigenvalue weighted by atomic mass is 10.1. The summed E-state index contributed by atoms with van der Waals surface area (Å²) in [6.45, 7) is 1.37. The zero-order chi connectivity index (χ0) is 24.1. The highest BCUT2D eigenvalue weighted by Gasteiger charge is 2.49. The average Bonchev–Trinajstić information content (AvgIpc) is 3.60. The van der Waals surface area contributed by atoms with Crippen LogP contribution in [0.1, 0.15) is 22.3 Å². The minimum Gasteiger partial charge on any atom is -0.491 e. The number of pyridine rings is 1. The van der Waals surface area contributed by atoms with E-state index in [1.165, 1.54) is 18.2 Å². The summed E-state index contributed by atoms with van der Waals surface area (Å²) in [5.74, 6) is 0.472. The van der Waals surface area contributed by atoms with Gasteiger partial charge in [-0.25, -0.2) is 14.6 Å². The summed E-state index contributed by atoms with van der Waals surface area (Å²) in [5.41, 5.74) is 1.44. The number of ether oxygens (including phenoxy) is 3. The normalized spacial score (nSPS) is 21.6. The van der Waals surface area contributed by atoms with Gasteiger partial charge in [0, 0.05) is 30.9 Å². The molecule has 1 aromatic heterocycles. The SMILES string of the molecule is COc1c(OC(=O)N2C[C@H]3C[C@@H]2C(=O)O3)ccc2c1N=C(NC(=O)c1cccnc1)N1CCN=C21. The number of morpholine rings is 1. The molecule has 2 fully saturated rings. The van der Waals surface area contributed by atoms with E-state index in [1.54, 1.807) is 30.5 Å². The number of nitrogens with one attached hydrogen (secondary N) is 1. The van der Waals surface area contributed by atoms with E-state index in [1.807, 2.05) is 4.90 Å². The molecular weight excluding hydrogens is 456 g/mol. The summed E-state index contributed by atoms with van der Waals surface area (Å²) in [5, 5.41) is 2.82. The molecule has 0 radical (unpaired) electrons. The summed E-state index contributed by atoms with van der Waals surface area (Å²) >= 11 is 0. The van der Waals surface area contributed by atoms with E-state index in [4.69, 9.17) is 14.2 Å². The van der Waals surface area contributed by atoms with E-state index >= 15 is 0 Å². The van der Waals surface area contributed by atoms with Crippen LogP contribution in [0, 0.1) is 0 Å². The van der Waals surface area contributed by atoms with Crippen molar-refractivity contribution in [1.29, 1.82) is 0 Å². The van der Waals surface area contributed by atoms with E-state index in [9.17, 15) is 14.4 Å². The van der Waals surface area contributed by atoms with Crippen LogP contribution < -0.4 is 14.8 Å². The van der Waals surface area contributed by atoms with Crippen LogP contribution in [0.2, 0.25) is 0 Å². The van der Waals surface area contributed by atoms with Gasteiger partial charge in [-0.05, 0) is 24.3 Å². The molecule has 2 aromatic rings. The van der Waals surface area contributed by atoms with Gasteiger partial charge in [-0.2, -0.15) is 0 Å². The molecule has 1 aromatic carbocycles. The van der Waals surface area contributed by atoms with Crippen LogP contribution in [-0.2, 0) is 9.53 Å². The van der Waals surface area contributed by atoms with Gasteiger partial charge in [-0.3, -0.25) is 29.9 Å².